The van der Waals surface area contributed by atoms with Crippen LogP contribution in [0, 0.1) is 5.92 Å². The third-order valence-electron chi connectivity index (χ3n) is 4.05. The van der Waals surface area contributed by atoms with Crippen LogP contribution in [0.5, 0.6) is 0 Å². The first-order valence-electron chi connectivity index (χ1n) is 7.54. The number of ether oxygens (including phenoxy) is 1. The van der Waals surface area contributed by atoms with E-state index in [1.54, 1.807) is 12.1 Å². The first-order chi connectivity index (χ1) is 10.3. The quantitative estimate of drug-likeness (QED) is 0.845. The Hall–Kier alpha value is -1.56. The molecule has 1 aromatic rings. The molecule has 2 rings (SSSR count). The van der Waals surface area contributed by atoms with Gasteiger partial charge in [-0.05, 0) is 55.2 Å². The molecule has 1 aliphatic carbocycles. The lowest BCUT2D eigenvalue weighted by Crippen LogP contribution is -2.19. The Morgan fingerprint density at radius 1 is 1.18 bits per heavy atom. The molecule has 0 saturated heterocycles. The molecule has 1 aliphatic rings. The fraction of sp³-hybridized carbons (Fsp3) is 0.562. The summed E-state index contributed by atoms with van der Waals surface area (Å²) in [6.45, 7) is 1.97. The maximum Gasteiger partial charge on any atom is 0.302 e. The first kappa shape index (κ1) is 16.8. The summed E-state index contributed by atoms with van der Waals surface area (Å²) in [5.41, 5.74) is 1.83. The zero-order chi connectivity index (χ0) is 16.2. The van der Waals surface area contributed by atoms with Crippen molar-refractivity contribution in [1.29, 1.82) is 0 Å². The van der Waals surface area contributed by atoms with Crippen LogP contribution in [0.15, 0.2) is 24.3 Å². The largest absolute Gasteiger partial charge is 0.466 e. The van der Waals surface area contributed by atoms with Gasteiger partial charge in [-0.15, -0.1) is 0 Å². The van der Waals surface area contributed by atoms with Crippen molar-refractivity contribution in [3.8, 4) is 0 Å². The van der Waals surface area contributed by atoms with Gasteiger partial charge in [0.05, 0.1) is 12.9 Å². The Balaban J connectivity index is 1.87. The summed E-state index contributed by atoms with van der Waals surface area (Å²) in [4.78, 5) is 10.8. The van der Waals surface area contributed by atoms with Crippen LogP contribution in [0.3, 0.4) is 0 Å². The number of nitrogens with one attached hydrogen (secondary N) is 1. The molecule has 0 spiro atoms. The third kappa shape index (κ3) is 5.33. The summed E-state index contributed by atoms with van der Waals surface area (Å²) in [5, 5.41) is 0. The molecule has 1 aromatic carbocycles. The van der Waals surface area contributed by atoms with Crippen molar-refractivity contribution in [2.75, 3.05) is 17.6 Å². The number of carbonyl (C=O) groups excluding carboxylic acids is 1. The molecule has 0 atom stereocenters. The van der Waals surface area contributed by atoms with Crippen molar-refractivity contribution in [2.45, 2.75) is 38.5 Å². The zero-order valence-electron chi connectivity index (χ0n) is 13.0. The van der Waals surface area contributed by atoms with Crippen LogP contribution >= 0.6 is 0 Å². The van der Waals surface area contributed by atoms with Gasteiger partial charge in [-0.3, -0.25) is 9.52 Å². The van der Waals surface area contributed by atoms with Gasteiger partial charge < -0.3 is 4.74 Å². The molecule has 6 heteroatoms. The third-order valence-corrected chi connectivity index (χ3v) is 4.66. The Labute approximate surface area is 132 Å². The maximum absolute atomic E-state index is 11.2. The van der Waals surface area contributed by atoms with Gasteiger partial charge in [-0.25, -0.2) is 8.42 Å². The molecular weight excluding hydrogens is 302 g/mol. The number of hydrogen-bond donors (Lipinski definition) is 1. The van der Waals surface area contributed by atoms with Crippen LogP contribution in [0.1, 0.15) is 44.1 Å². The normalized spacial score (nSPS) is 22.1. The van der Waals surface area contributed by atoms with E-state index in [-0.39, 0.29) is 5.97 Å². The molecule has 0 heterocycles. The van der Waals surface area contributed by atoms with Crippen LogP contribution in [0.4, 0.5) is 5.69 Å². The predicted octanol–water partition coefficient (Wildman–Crippen LogP) is 2.90. The lowest BCUT2D eigenvalue weighted by atomic mass is 9.79. The Kier molecular flexibility index (Phi) is 5.45. The molecule has 0 aromatic heterocycles. The molecule has 0 radical (unpaired) electrons. The van der Waals surface area contributed by atoms with Crippen molar-refractivity contribution < 1.29 is 17.9 Å². The number of benzene rings is 1. The average Bonchev–Trinajstić information content (AvgIpc) is 2.45. The molecule has 0 aliphatic heterocycles. The summed E-state index contributed by atoms with van der Waals surface area (Å²) in [6, 6.07) is 7.60. The molecule has 122 valence electrons. The minimum absolute atomic E-state index is 0.212. The fourth-order valence-electron chi connectivity index (χ4n) is 2.94. The van der Waals surface area contributed by atoms with Crippen molar-refractivity contribution in [3.05, 3.63) is 29.8 Å². The molecule has 1 saturated carbocycles. The molecule has 5 nitrogen and oxygen atoms in total. The van der Waals surface area contributed by atoms with Crippen molar-refractivity contribution in [1.82, 2.24) is 0 Å². The van der Waals surface area contributed by atoms with Gasteiger partial charge in [0.25, 0.3) is 0 Å². The van der Waals surface area contributed by atoms with Crippen molar-refractivity contribution >= 4 is 21.7 Å². The minimum Gasteiger partial charge on any atom is -0.466 e. The number of sulfonamides is 1. The van der Waals surface area contributed by atoms with E-state index in [1.807, 2.05) is 12.1 Å². The van der Waals surface area contributed by atoms with Gasteiger partial charge in [0.1, 0.15) is 0 Å². The van der Waals surface area contributed by atoms with Gasteiger partial charge in [0.15, 0.2) is 0 Å². The summed E-state index contributed by atoms with van der Waals surface area (Å²) >= 11 is 0. The summed E-state index contributed by atoms with van der Waals surface area (Å²) in [7, 11) is -3.23. The van der Waals surface area contributed by atoms with Crippen LogP contribution in [-0.2, 0) is 19.6 Å². The van der Waals surface area contributed by atoms with E-state index in [9.17, 15) is 13.2 Å². The van der Waals surface area contributed by atoms with Gasteiger partial charge in [0.2, 0.25) is 10.0 Å². The van der Waals surface area contributed by atoms with Gasteiger partial charge in [-0.1, -0.05) is 12.1 Å². The number of hydrogen-bond acceptors (Lipinski definition) is 4. The molecule has 0 bridgehead atoms. The highest BCUT2D eigenvalue weighted by Gasteiger charge is 2.23. The maximum atomic E-state index is 11.2. The van der Waals surface area contributed by atoms with E-state index < -0.39 is 10.0 Å². The second kappa shape index (κ2) is 7.13. The van der Waals surface area contributed by atoms with Gasteiger partial charge in [0, 0.05) is 12.6 Å². The van der Waals surface area contributed by atoms with Crippen LogP contribution in [0.25, 0.3) is 0 Å². The molecule has 22 heavy (non-hydrogen) atoms. The molecule has 0 unspecified atom stereocenters. The molecule has 1 N–H and O–H groups in total. The smallest absolute Gasteiger partial charge is 0.302 e. The highest BCUT2D eigenvalue weighted by molar-refractivity contribution is 7.92. The molecule has 0 amide bonds. The van der Waals surface area contributed by atoms with Crippen LogP contribution < -0.4 is 4.72 Å². The lowest BCUT2D eigenvalue weighted by molar-refractivity contribution is -0.142. The van der Waals surface area contributed by atoms with E-state index in [2.05, 4.69) is 4.72 Å². The van der Waals surface area contributed by atoms with E-state index in [1.165, 1.54) is 12.5 Å². The topological polar surface area (TPSA) is 72.5 Å². The summed E-state index contributed by atoms with van der Waals surface area (Å²) in [5.74, 6) is 0.753. The van der Waals surface area contributed by atoms with Gasteiger partial charge >= 0.3 is 5.97 Å². The summed E-state index contributed by atoms with van der Waals surface area (Å²) in [6.07, 6.45) is 5.41. The van der Waals surface area contributed by atoms with Crippen molar-refractivity contribution in [3.63, 3.8) is 0 Å². The lowest BCUT2D eigenvalue weighted by Gasteiger charge is -2.28. The SMILES string of the molecule is CC(=O)OCC1CCC(c2ccc(NS(C)(=O)=O)cc2)CC1. The van der Waals surface area contributed by atoms with Gasteiger partial charge in [-0.2, -0.15) is 0 Å². The monoisotopic (exact) mass is 325 g/mol. The number of anilines is 1. The second-order valence-corrected chi connectivity index (χ2v) is 7.76. The minimum atomic E-state index is -3.23. The second-order valence-electron chi connectivity index (χ2n) is 6.02. The Morgan fingerprint density at radius 3 is 2.27 bits per heavy atom. The van der Waals surface area contributed by atoms with E-state index in [0.717, 1.165) is 31.9 Å². The van der Waals surface area contributed by atoms with Crippen LogP contribution in [0.2, 0.25) is 0 Å². The van der Waals surface area contributed by atoms with Crippen molar-refractivity contribution in [2.24, 2.45) is 5.92 Å². The Morgan fingerprint density at radius 2 is 1.77 bits per heavy atom. The number of carbonyl (C=O) groups is 1. The molecule has 1 fully saturated rings. The zero-order valence-corrected chi connectivity index (χ0v) is 13.9. The first-order valence-corrected chi connectivity index (χ1v) is 9.44. The fourth-order valence-corrected chi connectivity index (χ4v) is 3.50. The highest BCUT2D eigenvalue weighted by Crippen LogP contribution is 2.36. The Bertz CT molecular complexity index is 602. The van der Waals surface area contributed by atoms with Crippen LogP contribution in [-0.4, -0.2) is 27.2 Å². The standard InChI is InChI=1S/C16H23NO4S/c1-12(18)21-11-13-3-5-14(6-4-13)15-7-9-16(10-8-15)17-22(2,19)20/h7-10,13-14,17H,3-6,11H2,1-2H3. The summed E-state index contributed by atoms with van der Waals surface area (Å²) < 4.78 is 29.9. The average molecular weight is 325 g/mol. The van der Waals surface area contributed by atoms with E-state index >= 15 is 0 Å². The number of esters is 1. The van der Waals surface area contributed by atoms with E-state index in [4.69, 9.17) is 4.74 Å². The predicted molar refractivity (Wildman–Crippen MR) is 86.2 cm³/mol. The number of rotatable bonds is 5. The van der Waals surface area contributed by atoms with E-state index in [0.29, 0.717) is 24.1 Å². The molecular formula is C16H23NO4S. The highest BCUT2D eigenvalue weighted by atomic mass is 32.2.